The molecule has 2 amide bonds. The number of aromatic amines is 1. The summed E-state index contributed by atoms with van der Waals surface area (Å²) in [5.41, 5.74) is 11.0. The first kappa shape index (κ1) is 13.8. The summed E-state index contributed by atoms with van der Waals surface area (Å²) in [5, 5.41) is 10.1. The average Bonchev–Trinajstić information content (AvgIpc) is 2.86. The molecule has 0 bridgehead atoms. The van der Waals surface area contributed by atoms with Crippen molar-refractivity contribution in [3.8, 4) is 17.0 Å². The van der Waals surface area contributed by atoms with Crippen LogP contribution >= 0.6 is 11.6 Å². The highest BCUT2D eigenvalue weighted by molar-refractivity contribution is 6.32. The molecule has 2 rings (SSSR count). The van der Waals surface area contributed by atoms with Crippen molar-refractivity contribution in [3.05, 3.63) is 28.9 Å². The molecule has 0 saturated heterocycles. The number of benzene rings is 1. The molecule has 0 aliphatic rings. The number of hydrogen-bond acceptors (Lipinski definition) is 5. The maximum absolute atomic E-state index is 11.2. The Balaban J connectivity index is 2.31. The molecule has 0 aliphatic carbocycles. The first-order chi connectivity index (χ1) is 9.49. The van der Waals surface area contributed by atoms with Crippen molar-refractivity contribution in [2.75, 3.05) is 6.61 Å². The summed E-state index contributed by atoms with van der Waals surface area (Å²) < 4.78 is 5.11. The molecule has 0 unspecified atom stereocenters. The Hall–Kier alpha value is -2.61. The van der Waals surface area contributed by atoms with E-state index in [1.54, 1.807) is 6.07 Å². The standard InChI is InChI=1S/C11H10ClN5O3/c12-6-3-5(1-2-7(6)20-4-8(13)18)9-10(11(14)19)16-17-15-9/h1-3H,4H2,(H2,13,18)(H2,14,19)(H,15,16,17). The van der Waals surface area contributed by atoms with Crippen molar-refractivity contribution >= 4 is 23.4 Å². The van der Waals surface area contributed by atoms with E-state index in [0.717, 1.165) is 0 Å². The molecule has 5 N–H and O–H groups in total. The normalized spacial score (nSPS) is 10.2. The summed E-state index contributed by atoms with van der Waals surface area (Å²) in [6.45, 7) is -0.282. The molecule has 9 heteroatoms. The van der Waals surface area contributed by atoms with Gasteiger partial charge in [-0.05, 0) is 18.2 Å². The first-order valence-electron chi connectivity index (χ1n) is 5.40. The molecule has 8 nitrogen and oxygen atoms in total. The fourth-order valence-electron chi connectivity index (χ4n) is 1.52. The minimum atomic E-state index is -0.709. The number of amides is 2. The van der Waals surface area contributed by atoms with E-state index in [-0.39, 0.29) is 23.0 Å². The second-order valence-electron chi connectivity index (χ2n) is 3.79. The van der Waals surface area contributed by atoms with Crippen LogP contribution < -0.4 is 16.2 Å². The molecule has 0 fully saturated rings. The lowest BCUT2D eigenvalue weighted by Crippen LogP contribution is -2.20. The number of primary amides is 2. The first-order valence-corrected chi connectivity index (χ1v) is 5.78. The van der Waals surface area contributed by atoms with Gasteiger partial charge < -0.3 is 16.2 Å². The summed E-state index contributed by atoms with van der Waals surface area (Å²) in [6, 6.07) is 4.65. The zero-order valence-corrected chi connectivity index (χ0v) is 10.8. The molecule has 0 atom stereocenters. The number of nitrogens with two attached hydrogens (primary N) is 2. The predicted octanol–water partition coefficient (Wildman–Crippen LogP) is 0.0881. The number of carbonyl (C=O) groups excluding carboxylic acids is 2. The van der Waals surface area contributed by atoms with Crippen LogP contribution in [0.2, 0.25) is 5.02 Å². The van der Waals surface area contributed by atoms with Crippen molar-refractivity contribution in [3.63, 3.8) is 0 Å². The third kappa shape index (κ3) is 2.86. The lowest BCUT2D eigenvalue weighted by atomic mass is 10.1. The maximum atomic E-state index is 11.2. The van der Waals surface area contributed by atoms with Gasteiger partial charge in [0.05, 0.1) is 5.02 Å². The quantitative estimate of drug-likeness (QED) is 0.717. The van der Waals surface area contributed by atoms with Crippen LogP contribution in [0, 0.1) is 0 Å². The fraction of sp³-hybridized carbons (Fsp3) is 0.0909. The van der Waals surface area contributed by atoms with Crippen LogP contribution in [0.4, 0.5) is 0 Å². The molecule has 20 heavy (non-hydrogen) atoms. The Morgan fingerprint density at radius 1 is 1.30 bits per heavy atom. The van der Waals surface area contributed by atoms with Crippen LogP contribution in [0.1, 0.15) is 10.5 Å². The molecule has 0 saturated carbocycles. The lowest BCUT2D eigenvalue weighted by Gasteiger charge is -2.07. The second kappa shape index (κ2) is 5.57. The number of hydrogen-bond donors (Lipinski definition) is 3. The van der Waals surface area contributed by atoms with Gasteiger partial charge in [-0.15, -0.1) is 0 Å². The number of rotatable bonds is 5. The van der Waals surface area contributed by atoms with Crippen LogP contribution in [0.15, 0.2) is 18.2 Å². The van der Waals surface area contributed by atoms with Crippen molar-refractivity contribution in [2.24, 2.45) is 11.5 Å². The van der Waals surface area contributed by atoms with Crippen molar-refractivity contribution in [1.82, 2.24) is 15.4 Å². The molecular weight excluding hydrogens is 286 g/mol. The van der Waals surface area contributed by atoms with Gasteiger partial charge in [0.1, 0.15) is 11.4 Å². The van der Waals surface area contributed by atoms with Crippen LogP contribution in [-0.4, -0.2) is 33.8 Å². The average molecular weight is 296 g/mol. The van der Waals surface area contributed by atoms with E-state index in [1.165, 1.54) is 12.1 Å². The molecule has 0 spiro atoms. The molecule has 1 heterocycles. The number of H-pyrrole nitrogens is 1. The van der Waals surface area contributed by atoms with Crippen molar-refractivity contribution in [1.29, 1.82) is 0 Å². The molecule has 0 radical (unpaired) electrons. The fourth-order valence-corrected chi connectivity index (χ4v) is 1.75. The van der Waals surface area contributed by atoms with E-state index in [1.807, 2.05) is 0 Å². The van der Waals surface area contributed by atoms with Gasteiger partial charge in [-0.25, -0.2) is 0 Å². The van der Waals surface area contributed by atoms with Gasteiger partial charge in [-0.3, -0.25) is 9.59 Å². The molecule has 104 valence electrons. The molecule has 0 aliphatic heterocycles. The Bertz CT molecular complexity index is 670. The van der Waals surface area contributed by atoms with E-state index in [2.05, 4.69) is 15.4 Å². The zero-order valence-electron chi connectivity index (χ0n) is 10.1. The Morgan fingerprint density at radius 2 is 2.05 bits per heavy atom. The van der Waals surface area contributed by atoms with E-state index in [9.17, 15) is 9.59 Å². The minimum Gasteiger partial charge on any atom is -0.482 e. The summed E-state index contributed by atoms with van der Waals surface area (Å²) in [6.07, 6.45) is 0. The smallest absolute Gasteiger partial charge is 0.271 e. The Kier molecular flexibility index (Phi) is 3.85. The van der Waals surface area contributed by atoms with Gasteiger partial charge in [0.2, 0.25) is 0 Å². The van der Waals surface area contributed by atoms with Gasteiger partial charge in [0, 0.05) is 5.56 Å². The summed E-state index contributed by atoms with van der Waals surface area (Å²) in [4.78, 5) is 21.8. The van der Waals surface area contributed by atoms with Gasteiger partial charge in [-0.2, -0.15) is 15.4 Å². The summed E-state index contributed by atoms with van der Waals surface area (Å²) in [7, 11) is 0. The highest BCUT2D eigenvalue weighted by Crippen LogP contribution is 2.30. The van der Waals surface area contributed by atoms with Crippen LogP contribution in [0.5, 0.6) is 5.75 Å². The largest absolute Gasteiger partial charge is 0.482 e. The Labute approximate surface area is 118 Å². The van der Waals surface area contributed by atoms with E-state index < -0.39 is 11.8 Å². The number of ether oxygens (including phenoxy) is 1. The molecular formula is C11H10ClN5O3. The van der Waals surface area contributed by atoms with E-state index in [4.69, 9.17) is 27.8 Å². The number of aromatic nitrogens is 3. The van der Waals surface area contributed by atoms with Crippen LogP contribution in [0.3, 0.4) is 0 Å². The van der Waals surface area contributed by atoms with Crippen molar-refractivity contribution in [2.45, 2.75) is 0 Å². The van der Waals surface area contributed by atoms with E-state index >= 15 is 0 Å². The number of nitrogens with zero attached hydrogens (tertiary/aromatic N) is 2. The lowest BCUT2D eigenvalue weighted by molar-refractivity contribution is -0.119. The highest BCUT2D eigenvalue weighted by atomic mass is 35.5. The monoisotopic (exact) mass is 295 g/mol. The van der Waals surface area contributed by atoms with E-state index in [0.29, 0.717) is 11.3 Å². The van der Waals surface area contributed by atoms with Gasteiger partial charge in [-0.1, -0.05) is 11.6 Å². The highest BCUT2D eigenvalue weighted by Gasteiger charge is 2.16. The van der Waals surface area contributed by atoms with Gasteiger partial charge in [0.25, 0.3) is 11.8 Å². The van der Waals surface area contributed by atoms with Gasteiger partial charge in [0.15, 0.2) is 12.3 Å². The van der Waals surface area contributed by atoms with Crippen molar-refractivity contribution < 1.29 is 14.3 Å². The number of halogens is 1. The Morgan fingerprint density at radius 3 is 2.65 bits per heavy atom. The number of nitrogens with one attached hydrogen (secondary N) is 1. The topological polar surface area (TPSA) is 137 Å². The van der Waals surface area contributed by atoms with Crippen LogP contribution in [0.25, 0.3) is 11.3 Å². The van der Waals surface area contributed by atoms with Crippen LogP contribution in [-0.2, 0) is 4.79 Å². The minimum absolute atomic E-state index is 0.00636. The summed E-state index contributed by atoms with van der Waals surface area (Å²) >= 11 is 6.01. The summed E-state index contributed by atoms with van der Waals surface area (Å²) in [5.74, 6) is -1.03. The maximum Gasteiger partial charge on any atom is 0.271 e. The molecule has 2 aromatic rings. The number of carbonyl (C=O) groups is 2. The zero-order chi connectivity index (χ0) is 14.7. The van der Waals surface area contributed by atoms with Gasteiger partial charge >= 0.3 is 0 Å². The molecule has 1 aromatic carbocycles. The second-order valence-corrected chi connectivity index (χ2v) is 4.19. The predicted molar refractivity (Wildman–Crippen MR) is 70.0 cm³/mol. The third-order valence-corrected chi connectivity index (χ3v) is 2.65. The molecule has 1 aromatic heterocycles. The SMILES string of the molecule is NC(=O)COc1ccc(-c2n[nH]nc2C(N)=O)cc1Cl. The third-order valence-electron chi connectivity index (χ3n) is 2.36.